The quantitative estimate of drug-likeness (QED) is 0.756. The van der Waals surface area contributed by atoms with Crippen molar-refractivity contribution in [2.75, 3.05) is 13.7 Å². The lowest BCUT2D eigenvalue weighted by Crippen LogP contribution is -2.25. The highest BCUT2D eigenvalue weighted by Crippen LogP contribution is 2.08. The van der Waals surface area contributed by atoms with E-state index in [4.69, 9.17) is 4.74 Å². The number of rotatable bonds is 6. The second-order valence-electron chi connectivity index (χ2n) is 5.22. The molecule has 0 saturated carbocycles. The largest absolute Gasteiger partial charge is 0.481 e. The molecule has 0 fully saturated rings. The van der Waals surface area contributed by atoms with Crippen LogP contribution in [0.1, 0.15) is 15.9 Å². The predicted octanol–water partition coefficient (Wildman–Crippen LogP) is 2.25. The van der Waals surface area contributed by atoms with Crippen LogP contribution >= 0.6 is 0 Å². The Bertz CT molecular complexity index is 797. The molecule has 0 radical (unpaired) electrons. The van der Waals surface area contributed by atoms with Gasteiger partial charge in [0.05, 0.1) is 24.6 Å². The third-order valence-electron chi connectivity index (χ3n) is 3.56. The summed E-state index contributed by atoms with van der Waals surface area (Å²) >= 11 is 0. The first-order valence-electron chi connectivity index (χ1n) is 7.63. The van der Waals surface area contributed by atoms with E-state index >= 15 is 0 Å². The standard InChI is InChI=1S/C18H18N4O2/c1-24-17-8-7-15(12-20-17)18(23)19-10-9-14-11-21-22(13-14)16-5-3-2-4-6-16/h2-8,11-13H,9-10H2,1H3,(H,19,23). The SMILES string of the molecule is COc1ccc(C(=O)NCCc2cnn(-c3ccccc3)c2)cn1. The molecule has 0 bridgehead atoms. The molecule has 24 heavy (non-hydrogen) atoms. The van der Waals surface area contributed by atoms with Gasteiger partial charge < -0.3 is 10.1 Å². The second kappa shape index (κ2) is 7.41. The van der Waals surface area contributed by atoms with Gasteiger partial charge in [-0.3, -0.25) is 4.79 Å². The van der Waals surface area contributed by atoms with Crippen LogP contribution in [0, 0.1) is 0 Å². The molecule has 0 atom stereocenters. The molecule has 3 aromatic rings. The van der Waals surface area contributed by atoms with Crippen molar-refractivity contribution in [3.63, 3.8) is 0 Å². The van der Waals surface area contributed by atoms with Crippen LogP contribution < -0.4 is 10.1 Å². The van der Waals surface area contributed by atoms with Crippen molar-refractivity contribution in [1.82, 2.24) is 20.1 Å². The number of hydrogen-bond donors (Lipinski definition) is 1. The topological polar surface area (TPSA) is 69.0 Å². The lowest BCUT2D eigenvalue weighted by molar-refractivity contribution is 0.0953. The van der Waals surface area contributed by atoms with Gasteiger partial charge in [0, 0.05) is 25.0 Å². The summed E-state index contributed by atoms with van der Waals surface area (Å²) in [6.07, 6.45) is 5.99. The summed E-state index contributed by atoms with van der Waals surface area (Å²) in [6, 6.07) is 13.3. The Morgan fingerprint density at radius 2 is 2.00 bits per heavy atom. The van der Waals surface area contributed by atoms with Crippen molar-refractivity contribution in [3.8, 4) is 11.6 Å². The number of hydrogen-bond acceptors (Lipinski definition) is 4. The Morgan fingerprint density at radius 3 is 2.71 bits per heavy atom. The summed E-state index contributed by atoms with van der Waals surface area (Å²) in [5.41, 5.74) is 2.58. The zero-order valence-corrected chi connectivity index (χ0v) is 13.3. The number of para-hydroxylation sites is 1. The Hall–Kier alpha value is -3.15. The lowest BCUT2D eigenvalue weighted by Gasteiger charge is -2.05. The number of pyridine rings is 1. The average molecular weight is 322 g/mol. The van der Waals surface area contributed by atoms with Gasteiger partial charge in [-0.25, -0.2) is 9.67 Å². The fourth-order valence-electron chi connectivity index (χ4n) is 2.27. The first-order chi connectivity index (χ1) is 11.8. The van der Waals surface area contributed by atoms with Crippen LogP contribution in [0.15, 0.2) is 61.1 Å². The number of carbonyl (C=O) groups is 1. The number of aromatic nitrogens is 3. The van der Waals surface area contributed by atoms with E-state index in [1.165, 1.54) is 13.3 Å². The van der Waals surface area contributed by atoms with E-state index in [2.05, 4.69) is 15.4 Å². The third kappa shape index (κ3) is 3.78. The van der Waals surface area contributed by atoms with Crippen LogP contribution in [-0.4, -0.2) is 34.3 Å². The van der Waals surface area contributed by atoms with Gasteiger partial charge in [0.25, 0.3) is 5.91 Å². The lowest BCUT2D eigenvalue weighted by atomic mass is 10.2. The summed E-state index contributed by atoms with van der Waals surface area (Å²) in [5, 5.41) is 7.22. The molecule has 0 unspecified atom stereocenters. The maximum absolute atomic E-state index is 12.0. The minimum absolute atomic E-state index is 0.152. The summed E-state index contributed by atoms with van der Waals surface area (Å²) < 4.78 is 6.80. The third-order valence-corrected chi connectivity index (χ3v) is 3.56. The van der Waals surface area contributed by atoms with Crippen LogP contribution in [-0.2, 0) is 6.42 Å². The van der Waals surface area contributed by atoms with Crippen LogP contribution in [0.4, 0.5) is 0 Å². The molecule has 1 amide bonds. The van der Waals surface area contributed by atoms with Crippen molar-refractivity contribution in [2.24, 2.45) is 0 Å². The van der Waals surface area contributed by atoms with Gasteiger partial charge in [0.15, 0.2) is 0 Å². The number of nitrogens with zero attached hydrogens (tertiary/aromatic N) is 3. The highest BCUT2D eigenvalue weighted by Gasteiger charge is 2.06. The van der Waals surface area contributed by atoms with Gasteiger partial charge in [0.2, 0.25) is 5.88 Å². The molecular formula is C18H18N4O2. The molecule has 2 aromatic heterocycles. The zero-order valence-electron chi connectivity index (χ0n) is 13.3. The molecule has 6 nitrogen and oxygen atoms in total. The maximum Gasteiger partial charge on any atom is 0.252 e. The molecule has 1 N–H and O–H groups in total. The normalized spacial score (nSPS) is 10.4. The summed E-state index contributed by atoms with van der Waals surface area (Å²) in [5.74, 6) is 0.334. The summed E-state index contributed by atoms with van der Waals surface area (Å²) in [6.45, 7) is 0.533. The van der Waals surface area contributed by atoms with Gasteiger partial charge in [-0.05, 0) is 30.2 Å². The molecule has 0 aliphatic carbocycles. The molecule has 3 rings (SSSR count). The first-order valence-corrected chi connectivity index (χ1v) is 7.63. The first kappa shape index (κ1) is 15.7. The van der Waals surface area contributed by atoms with E-state index in [0.717, 1.165) is 11.3 Å². The van der Waals surface area contributed by atoms with Gasteiger partial charge in [-0.15, -0.1) is 0 Å². The zero-order chi connectivity index (χ0) is 16.8. The average Bonchev–Trinajstić information content (AvgIpc) is 3.11. The van der Waals surface area contributed by atoms with E-state index in [0.29, 0.717) is 24.4 Å². The molecule has 0 aliphatic heterocycles. The van der Waals surface area contributed by atoms with E-state index in [-0.39, 0.29) is 5.91 Å². The van der Waals surface area contributed by atoms with Gasteiger partial charge >= 0.3 is 0 Å². The number of carbonyl (C=O) groups excluding carboxylic acids is 1. The van der Waals surface area contributed by atoms with Crippen LogP contribution in [0.3, 0.4) is 0 Å². The number of amides is 1. The van der Waals surface area contributed by atoms with Gasteiger partial charge in [0.1, 0.15) is 0 Å². The fraction of sp³-hybridized carbons (Fsp3) is 0.167. The number of nitrogens with one attached hydrogen (secondary N) is 1. The molecule has 0 spiro atoms. The monoisotopic (exact) mass is 322 g/mol. The Balaban J connectivity index is 1.53. The van der Waals surface area contributed by atoms with Crippen molar-refractivity contribution in [3.05, 3.63) is 72.2 Å². The highest BCUT2D eigenvalue weighted by molar-refractivity contribution is 5.93. The number of ether oxygens (including phenoxy) is 1. The van der Waals surface area contributed by atoms with E-state index in [9.17, 15) is 4.79 Å². The minimum Gasteiger partial charge on any atom is -0.481 e. The van der Waals surface area contributed by atoms with E-state index < -0.39 is 0 Å². The highest BCUT2D eigenvalue weighted by atomic mass is 16.5. The number of benzene rings is 1. The molecule has 1 aromatic carbocycles. The van der Waals surface area contributed by atoms with Crippen LogP contribution in [0.25, 0.3) is 5.69 Å². The van der Waals surface area contributed by atoms with Crippen LogP contribution in [0.2, 0.25) is 0 Å². The van der Waals surface area contributed by atoms with Gasteiger partial charge in [-0.2, -0.15) is 5.10 Å². The van der Waals surface area contributed by atoms with Crippen molar-refractivity contribution >= 4 is 5.91 Å². The summed E-state index contributed by atoms with van der Waals surface area (Å²) in [7, 11) is 1.54. The van der Waals surface area contributed by atoms with Crippen molar-refractivity contribution < 1.29 is 9.53 Å². The van der Waals surface area contributed by atoms with E-state index in [1.807, 2.05) is 47.4 Å². The molecule has 122 valence electrons. The second-order valence-corrected chi connectivity index (χ2v) is 5.22. The fourth-order valence-corrected chi connectivity index (χ4v) is 2.27. The molecular weight excluding hydrogens is 304 g/mol. The van der Waals surface area contributed by atoms with Gasteiger partial charge in [-0.1, -0.05) is 18.2 Å². The Morgan fingerprint density at radius 1 is 1.17 bits per heavy atom. The maximum atomic E-state index is 12.0. The smallest absolute Gasteiger partial charge is 0.252 e. The Labute approximate surface area is 140 Å². The van der Waals surface area contributed by atoms with Crippen molar-refractivity contribution in [1.29, 1.82) is 0 Å². The molecule has 0 aliphatic rings. The molecule has 0 saturated heterocycles. The molecule has 2 heterocycles. The predicted molar refractivity (Wildman–Crippen MR) is 90.4 cm³/mol. The number of methoxy groups -OCH3 is 1. The van der Waals surface area contributed by atoms with E-state index in [1.54, 1.807) is 12.1 Å². The Kier molecular flexibility index (Phi) is 4.86. The minimum atomic E-state index is -0.152. The summed E-state index contributed by atoms with van der Waals surface area (Å²) in [4.78, 5) is 16.1. The molecule has 6 heteroatoms. The van der Waals surface area contributed by atoms with Crippen LogP contribution in [0.5, 0.6) is 5.88 Å². The van der Waals surface area contributed by atoms with Crippen molar-refractivity contribution in [2.45, 2.75) is 6.42 Å².